The van der Waals surface area contributed by atoms with Crippen LogP contribution in [-0.4, -0.2) is 60.4 Å². The summed E-state index contributed by atoms with van der Waals surface area (Å²) in [5.74, 6) is -0.439. The van der Waals surface area contributed by atoms with E-state index in [9.17, 15) is 0 Å². The third kappa shape index (κ3) is 8.43. The molecule has 0 radical (unpaired) electrons. The minimum absolute atomic E-state index is 0.705. The van der Waals surface area contributed by atoms with E-state index in [0.29, 0.717) is 6.61 Å². The van der Waals surface area contributed by atoms with E-state index in [2.05, 4.69) is 31.4 Å². The Labute approximate surface area is 166 Å². The lowest BCUT2D eigenvalue weighted by Crippen LogP contribution is -2.40. The molecule has 1 aliphatic rings. The first-order chi connectivity index (χ1) is 13.3. The molecule has 0 aromatic heterocycles. The largest absolute Gasteiger partial charge is 0.493 e. The number of carbonyl (C=O) groups is 2. The van der Waals surface area contributed by atoms with Gasteiger partial charge >= 0.3 is 11.9 Å². The molecule has 2 rings (SSSR count). The molecule has 0 aliphatic carbocycles. The number of benzene rings is 1. The highest BCUT2D eigenvalue weighted by atomic mass is 16.5. The monoisotopic (exact) mass is 393 g/mol. The lowest BCUT2D eigenvalue weighted by molar-refractivity contribution is -0.159. The number of likely N-dealkylation sites (tertiary alicyclic amines) is 1. The van der Waals surface area contributed by atoms with Crippen LogP contribution in [0.4, 0.5) is 0 Å². The molecule has 0 bridgehead atoms. The quantitative estimate of drug-likeness (QED) is 0.543. The molecule has 2 unspecified atom stereocenters. The van der Waals surface area contributed by atoms with Gasteiger partial charge < -0.3 is 19.7 Å². The highest BCUT2D eigenvalue weighted by Gasteiger charge is 2.21. The number of methoxy groups -OCH3 is 1. The zero-order valence-electron chi connectivity index (χ0n) is 16.9. The molecule has 0 saturated carbocycles. The van der Waals surface area contributed by atoms with Crippen LogP contribution >= 0.6 is 0 Å². The smallest absolute Gasteiger partial charge is 0.414 e. The number of rotatable bonds is 7. The van der Waals surface area contributed by atoms with Gasteiger partial charge in [0.1, 0.15) is 6.61 Å². The summed E-state index contributed by atoms with van der Waals surface area (Å²) in [6, 6.07) is 6.10. The van der Waals surface area contributed by atoms with Gasteiger partial charge in [0.05, 0.1) is 7.11 Å². The van der Waals surface area contributed by atoms with Crippen molar-refractivity contribution in [1.29, 1.82) is 0 Å². The number of hydrogen-bond acceptors (Lipinski definition) is 5. The van der Waals surface area contributed by atoms with Crippen LogP contribution in [0.3, 0.4) is 0 Å². The van der Waals surface area contributed by atoms with Gasteiger partial charge in [-0.05, 0) is 42.4 Å². The summed E-state index contributed by atoms with van der Waals surface area (Å²) in [6.07, 6.45) is 4.09. The number of carboxylic acid groups (broad SMARTS) is 2. The Kier molecular flexibility index (Phi) is 10.1. The minimum atomic E-state index is -1.82. The van der Waals surface area contributed by atoms with Crippen molar-refractivity contribution < 1.29 is 29.3 Å². The molecule has 1 saturated heterocycles. The van der Waals surface area contributed by atoms with E-state index in [0.717, 1.165) is 36.3 Å². The van der Waals surface area contributed by atoms with E-state index < -0.39 is 11.9 Å². The van der Waals surface area contributed by atoms with Gasteiger partial charge in [-0.1, -0.05) is 26.0 Å². The number of aliphatic carboxylic acids is 2. The molecule has 28 heavy (non-hydrogen) atoms. The summed E-state index contributed by atoms with van der Waals surface area (Å²) in [5, 5.41) is 14.8. The second-order valence-electron chi connectivity index (χ2n) is 7.14. The molecule has 7 nitrogen and oxygen atoms in total. The van der Waals surface area contributed by atoms with Gasteiger partial charge in [-0.25, -0.2) is 9.59 Å². The lowest BCUT2D eigenvalue weighted by Gasteiger charge is -2.34. The first kappa shape index (κ1) is 23.5. The molecule has 1 aromatic rings. The van der Waals surface area contributed by atoms with Crippen LogP contribution in [-0.2, 0) is 16.0 Å². The van der Waals surface area contributed by atoms with E-state index >= 15 is 0 Å². The summed E-state index contributed by atoms with van der Waals surface area (Å²) in [4.78, 5) is 20.7. The van der Waals surface area contributed by atoms with E-state index in [-0.39, 0.29) is 0 Å². The standard InChI is InChI=1S/C19H29NO2.C2H2O4/c1-5-6-17-7-8-18(19(12-17)21-4)22-10-9-20-13-15(2)11-16(3)14-20;3-1(4)2(5)6/h5,7-8,12,15-16H,1,6,9-11,13-14H2,2-4H3;(H,3,4)(H,5,6). The Bertz CT molecular complexity index is 638. The molecule has 1 aliphatic heterocycles. The molecular formula is C21H31NO6. The third-order valence-corrected chi connectivity index (χ3v) is 4.40. The van der Waals surface area contributed by atoms with Crippen molar-refractivity contribution in [2.75, 3.05) is 33.4 Å². The van der Waals surface area contributed by atoms with Crippen molar-refractivity contribution in [2.45, 2.75) is 26.7 Å². The maximum atomic E-state index is 9.10. The predicted octanol–water partition coefficient (Wildman–Crippen LogP) is 2.94. The fourth-order valence-corrected chi connectivity index (χ4v) is 3.38. The van der Waals surface area contributed by atoms with Gasteiger partial charge in [0, 0.05) is 19.6 Å². The van der Waals surface area contributed by atoms with Gasteiger partial charge in [-0.3, -0.25) is 4.90 Å². The van der Waals surface area contributed by atoms with Crippen LogP contribution in [0.1, 0.15) is 25.8 Å². The van der Waals surface area contributed by atoms with E-state index in [1.54, 1.807) is 7.11 Å². The SMILES string of the molecule is C=CCc1ccc(OCCN2CC(C)CC(C)C2)c(OC)c1.O=C(O)C(=O)O. The number of allylic oxidation sites excluding steroid dienone is 1. The molecular weight excluding hydrogens is 362 g/mol. The van der Waals surface area contributed by atoms with Crippen LogP contribution in [0.5, 0.6) is 11.5 Å². The van der Waals surface area contributed by atoms with Gasteiger partial charge in [-0.15, -0.1) is 6.58 Å². The predicted molar refractivity (Wildman–Crippen MR) is 107 cm³/mol. The Balaban J connectivity index is 0.000000568. The minimum Gasteiger partial charge on any atom is -0.493 e. The van der Waals surface area contributed by atoms with Crippen molar-refractivity contribution >= 4 is 11.9 Å². The van der Waals surface area contributed by atoms with Gasteiger partial charge in [0.15, 0.2) is 11.5 Å². The summed E-state index contributed by atoms with van der Waals surface area (Å²) in [6.45, 7) is 12.5. The van der Waals surface area contributed by atoms with E-state index in [1.807, 2.05) is 18.2 Å². The molecule has 1 heterocycles. The van der Waals surface area contributed by atoms with Crippen LogP contribution < -0.4 is 9.47 Å². The van der Waals surface area contributed by atoms with Crippen molar-refractivity contribution in [2.24, 2.45) is 11.8 Å². The molecule has 1 aromatic carbocycles. The second kappa shape index (κ2) is 12.0. The summed E-state index contributed by atoms with van der Waals surface area (Å²) in [7, 11) is 1.69. The first-order valence-electron chi connectivity index (χ1n) is 9.36. The fraction of sp³-hybridized carbons (Fsp3) is 0.524. The maximum Gasteiger partial charge on any atom is 0.414 e. The first-order valence-corrected chi connectivity index (χ1v) is 9.36. The molecule has 0 spiro atoms. The van der Waals surface area contributed by atoms with Crippen molar-refractivity contribution in [1.82, 2.24) is 4.90 Å². The maximum absolute atomic E-state index is 9.10. The van der Waals surface area contributed by atoms with Crippen molar-refractivity contribution in [3.05, 3.63) is 36.4 Å². The Morgan fingerprint density at radius 1 is 1.18 bits per heavy atom. The van der Waals surface area contributed by atoms with Crippen molar-refractivity contribution in [3.8, 4) is 11.5 Å². The van der Waals surface area contributed by atoms with Crippen LogP contribution in [0.15, 0.2) is 30.9 Å². The third-order valence-electron chi connectivity index (χ3n) is 4.40. The number of nitrogens with zero attached hydrogens (tertiary/aromatic N) is 1. The van der Waals surface area contributed by atoms with E-state index in [1.165, 1.54) is 25.1 Å². The average Bonchev–Trinajstić information content (AvgIpc) is 2.62. The van der Waals surface area contributed by atoms with Gasteiger partial charge in [-0.2, -0.15) is 0 Å². The Hall–Kier alpha value is -2.54. The van der Waals surface area contributed by atoms with Gasteiger partial charge in [0.2, 0.25) is 0 Å². The normalized spacial score (nSPS) is 19.1. The fourth-order valence-electron chi connectivity index (χ4n) is 3.38. The summed E-state index contributed by atoms with van der Waals surface area (Å²) in [5.41, 5.74) is 1.19. The highest BCUT2D eigenvalue weighted by Crippen LogP contribution is 2.28. The average molecular weight is 393 g/mol. The van der Waals surface area contributed by atoms with Crippen molar-refractivity contribution in [3.63, 3.8) is 0 Å². The number of hydrogen-bond donors (Lipinski definition) is 2. The van der Waals surface area contributed by atoms with E-state index in [4.69, 9.17) is 29.3 Å². The molecule has 156 valence electrons. The molecule has 1 fully saturated rings. The zero-order chi connectivity index (χ0) is 21.1. The Morgan fingerprint density at radius 2 is 1.79 bits per heavy atom. The van der Waals surface area contributed by atoms with Crippen LogP contribution in [0.2, 0.25) is 0 Å². The van der Waals surface area contributed by atoms with Crippen LogP contribution in [0.25, 0.3) is 0 Å². The van der Waals surface area contributed by atoms with Gasteiger partial charge in [0.25, 0.3) is 0 Å². The summed E-state index contributed by atoms with van der Waals surface area (Å²) >= 11 is 0. The number of ether oxygens (including phenoxy) is 2. The number of piperidine rings is 1. The van der Waals surface area contributed by atoms with Crippen LogP contribution in [0, 0.1) is 11.8 Å². The second-order valence-corrected chi connectivity index (χ2v) is 7.14. The Morgan fingerprint density at radius 3 is 2.29 bits per heavy atom. The molecule has 0 amide bonds. The number of carboxylic acids is 2. The zero-order valence-corrected chi connectivity index (χ0v) is 16.9. The molecule has 2 atom stereocenters. The lowest BCUT2D eigenvalue weighted by atomic mass is 9.92. The topological polar surface area (TPSA) is 96.3 Å². The molecule has 7 heteroatoms. The summed E-state index contributed by atoms with van der Waals surface area (Å²) < 4.78 is 11.4. The highest BCUT2D eigenvalue weighted by molar-refractivity contribution is 6.27. The molecule has 2 N–H and O–H groups in total.